The summed E-state index contributed by atoms with van der Waals surface area (Å²) >= 11 is 0. The van der Waals surface area contributed by atoms with Crippen LogP contribution in [-0.2, 0) is 0 Å². The smallest absolute Gasteiger partial charge is 0.176 e. The predicted molar refractivity (Wildman–Crippen MR) is 97.0 cm³/mol. The Morgan fingerprint density at radius 2 is 1.42 bits per heavy atom. The molecule has 3 heteroatoms. The summed E-state index contributed by atoms with van der Waals surface area (Å²) in [7, 11) is 3.98. The van der Waals surface area contributed by atoms with Crippen LogP contribution in [0.25, 0.3) is 23.1 Å². The normalized spacial score (nSPS) is 11.3. The van der Waals surface area contributed by atoms with E-state index in [2.05, 4.69) is 12.1 Å². The van der Waals surface area contributed by atoms with Gasteiger partial charge < -0.3 is 10.0 Å². The summed E-state index contributed by atoms with van der Waals surface area (Å²) in [5.74, 6) is -0.0165. The van der Waals surface area contributed by atoms with Gasteiger partial charge >= 0.3 is 0 Å². The van der Waals surface area contributed by atoms with E-state index in [9.17, 15) is 5.11 Å². The van der Waals surface area contributed by atoms with E-state index in [-0.39, 0.29) is 5.76 Å². The topological polar surface area (TPSA) is 30.2 Å². The molecule has 120 valence electrons. The van der Waals surface area contributed by atoms with Gasteiger partial charge in [-0.2, -0.15) is 4.57 Å². The molecule has 3 nitrogen and oxygen atoms in total. The Hall–Kier alpha value is -3.07. The van der Waals surface area contributed by atoms with Crippen LogP contribution in [-0.4, -0.2) is 14.1 Å². The van der Waals surface area contributed by atoms with E-state index in [1.165, 1.54) is 0 Å². The van der Waals surface area contributed by atoms with Crippen molar-refractivity contribution in [2.45, 2.75) is 0 Å². The molecule has 3 aromatic rings. The van der Waals surface area contributed by atoms with Crippen molar-refractivity contribution >= 4 is 17.6 Å². The molecule has 0 aliphatic heterocycles. The summed E-state index contributed by atoms with van der Waals surface area (Å²) < 4.78 is 1.78. The SMILES string of the molecule is CN(C)c1cc[n+](/C=C(/[O-])c2ccc(-c3ccccc3)cc2)cc1. The van der Waals surface area contributed by atoms with Gasteiger partial charge in [0.05, 0.1) is 0 Å². The van der Waals surface area contributed by atoms with E-state index in [1.807, 2.05) is 86.0 Å². The molecular weight excluding hydrogens is 296 g/mol. The second kappa shape index (κ2) is 7.01. The van der Waals surface area contributed by atoms with E-state index < -0.39 is 0 Å². The molecule has 0 spiro atoms. The van der Waals surface area contributed by atoms with Crippen molar-refractivity contribution in [1.82, 2.24) is 0 Å². The highest BCUT2D eigenvalue weighted by atomic mass is 16.3. The van der Waals surface area contributed by atoms with E-state index in [0.717, 1.165) is 16.8 Å². The van der Waals surface area contributed by atoms with E-state index >= 15 is 0 Å². The second-order valence-electron chi connectivity index (χ2n) is 5.83. The third kappa shape index (κ3) is 3.63. The fraction of sp³-hybridized carbons (Fsp3) is 0.0952. The largest absolute Gasteiger partial charge is 0.868 e. The van der Waals surface area contributed by atoms with Crippen molar-refractivity contribution in [1.29, 1.82) is 0 Å². The van der Waals surface area contributed by atoms with Crippen LogP contribution < -0.4 is 14.6 Å². The number of hydrogen-bond donors (Lipinski definition) is 0. The molecule has 0 fully saturated rings. The molecular formula is C21H20N2O. The Morgan fingerprint density at radius 3 is 2.00 bits per heavy atom. The zero-order chi connectivity index (χ0) is 16.9. The summed E-state index contributed by atoms with van der Waals surface area (Å²) in [6.07, 6.45) is 5.36. The number of anilines is 1. The number of pyridine rings is 1. The molecule has 0 radical (unpaired) electrons. The molecule has 24 heavy (non-hydrogen) atoms. The Labute approximate surface area is 142 Å². The van der Waals surface area contributed by atoms with Crippen molar-refractivity contribution in [2.24, 2.45) is 0 Å². The number of aromatic nitrogens is 1. The van der Waals surface area contributed by atoms with Gasteiger partial charge in [-0.05, 0) is 22.4 Å². The number of nitrogens with zero attached hydrogens (tertiary/aromatic N) is 2. The number of hydrogen-bond acceptors (Lipinski definition) is 2. The first-order valence-electron chi connectivity index (χ1n) is 7.86. The molecule has 0 unspecified atom stereocenters. The molecule has 1 aromatic heterocycles. The zero-order valence-corrected chi connectivity index (χ0v) is 13.9. The highest BCUT2D eigenvalue weighted by Gasteiger charge is 2.01. The van der Waals surface area contributed by atoms with Crippen LogP contribution >= 0.6 is 0 Å². The molecule has 0 N–H and O–H groups in total. The van der Waals surface area contributed by atoms with Gasteiger partial charge in [-0.15, -0.1) is 0 Å². The molecule has 0 aliphatic carbocycles. The standard InChI is InChI=1S/C21H20N2O/c1-22(2)20-12-14-23(15-13-20)16-21(24)19-10-8-18(9-11-19)17-6-4-3-5-7-17/h3-16H,1-2H3/b21-16+. The molecule has 0 saturated carbocycles. The first kappa shape index (κ1) is 15.8. The highest BCUT2D eigenvalue weighted by Crippen LogP contribution is 2.20. The van der Waals surface area contributed by atoms with Gasteiger partial charge in [-0.3, -0.25) is 0 Å². The predicted octanol–water partition coefficient (Wildman–Crippen LogP) is 3.02. The van der Waals surface area contributed by atoms with Crippen molar-refractivity contribution in [2.75, 3.05) is 19.0 Å². The lowest BCUT2D eigenvalue weighted by molar-refractivity contribution is -0.569. The van der Waals surface area contributed by atoms with E-state index in [4.69, 9.17) is 0 Å². The maximum atomic E-state index is 12.4. The quantitative estimate of drug-likeness (QED) is 0.547. The minimum atomic E-state index is -0.0165. The average Bonchev–Trinajstić information content (AvgIpc) is 2.63. The minimum absolute atomic E-state index is 0.0165. The maximum Gasteiger partial charge on any atom is 0.176 e. The Kier molecular flexibility index (Phi) is 4.62. The minimum Gasteiger partial charge on any atom is -0.868 e. The van der Waals surface area contributed by atoms with Crippen LogP contribution in [0.2, 0.25) is 0 Å². The van der Waals surface area contributed by atoms with Crippen LogP contribution in [0, 0.1) is 0 Å². The van der Waals surface area contributed by atoms with Crippen LogP contribution in [0.1, 0.15) is 5.56 Å². The molecule has 0 amide bonds. The van der Waals surface area contributed by atoms with E-state index in [1.54, 1.807) is 10.8 Å². The fourth-order valence-corrected chi connectivity index (χ4v) is 2.48. The van der Waals surface area contributed by atoms with Crippen LogP contribution in [0.4, 0.5) is 5.69 Å². The van der Waals surface area contributed by atoms with Gasteiger partial charge in [0.25, 0.3) is 0 Å². The van der Waals surface area contributed by atoms with Crippen LogP contribution in [0.15, 0.2) is 79.1 Å². The van der Waals surface area contributed by atoms with Gasteiger partial charge in [0, 0.05) is 31.9 Å². The van der Waals surface area contributed by atoms with Crippen molar-refractivity contribution < 1.29 is 9.67 Å². The summed E-state index contributed by atoms with van der Waals surface area (Å²) in [5, 5.41) is 12.4. The van der Waals surface area contributed by atoms with Crippen molar-refractivity contribution in [3.63, 3.8) is 0 Å². The van der Waals surface area contributed by atoms with Crippen molar-refractivity contribution in [3.05, 3.63) is 84.7 Å². The van der Waals surface area contributed by atoms with Gasteiger partial charge in [-0.25, -0.2) is 0 Å². The Bertz CT molecular complexity index is 820. The van der Waals surface area contributed by atoms with Gasteiger partial charge in [0.15, 0.2) is 18.6 Å². The van der Waals surface area contributed by atoms with E-state index in [0.29, 0.717) is 5.56 Å². The average molecular weight is 316 g/mol. The second-order valence-corrected chi connectivity index (χ2v) is 5.83. The first-order chi connectivity index (χ1) is 11.6. The van der Waals surface area contributed by atoms with Crippen LogP contribution in [0.5, 0.6) is 0 Å². The highest BCUT2D eigenvalue weighted by molar-refractivity contribution is 5.69. The maximum absolute atomic E-state index is 12.4. The number of benzene rings is 2. The summed E-state index contributed by atoms with van der Waals surface area (Å²) in [6.45, 7) is 0. The van der Waals surface area contributed by atoms with Gasteiger partial charge in [0.2, 0.25) is 0 Å². The van der Waals surface area contributed by atoms with Gasteiger partial charge in [0.1, 0.15) is 0 Å². The lowest BCUT2D eigenvalue weighted by Crippen LogP contribution is -2.27. The summed E-state index contributed by atoms with van der Waals surface area (Å²) in [6, 6.07) is 21.8. The molecule has 0 atom stereocenters. The third-order valence-electron chi connectivity index (χ3n) is 3.89. The Balaban J connectivity index is 1.80. The molecule has 0 bridgehead atoms. The molecule has 2 aromatic carbocycles. The van der Waals surface area contributed by atoms with Crippen molar-refractivity contribution in [3.8, 4) is 11.1 Å². The Morgan fingerprint density at radius 1 is 0.833 bits per heavy atom. The molecule has 0 aliphatic rings. The molecule has 3 rings (SSSR count). The lowest BCUT2D eigenvalue weighted by atomic mass is 10.0. The summed E-state index contributed by atoms with van der Waals surface area (Å²) in [4.78, 5) is 2.02. The van der Waals surface area contributed by atoms with Crippen LogP contribution in [0.3, 0.4) is 0 Å². The third-order valence-corrected chi connectivity index (χ3v) is 3.89. The van der Waals surface area contributed by atoms with Gasteiger partial charge in [-0.1, -0.05) is 54.6 Å². The lowest BCUT2D eigenvalue weighted by Gasteiger charge is -2.12. The number of rotatable bonds is 4. The summed E-state index contributed by atoms with van der Waals surface area (Å²) in [5.41, 5.74) is 4.03. The monoisotopic (exact) mass is 316 g/mol. The molecule has 1 heterocycles. The first-order valence-corrected chi connectivity index (χ1v) is 7.86. The zero-order valence-electron chi connectivity index (χ0n) is 13.9. The fourth-order valence-electron chi connectivity index (χ4n) is 2.48. The molecule has 0 saturated heterocycles.